The highest BCUT2D eigenvalue weighted by molar-refractivity contribution is 5.80. The zero-order valence-electron chi connectivity index (χ0n) is 15.2. The standard InChI is InChI=1S/C18H32N4O2/c1-19(2)18(24)21-12-7-15(8-13-21)17(23)22-11-5-6-16(14-22)20-9-3-4-10-20/h15-16H,3-14H2,1-2H3. The smallest absolute Gasteiger partial charge is 0.319 e. The van der Waals surface area contributed by atoms with Crippen molar-refractivity contribution in [1.29, 1.82) is 0 Å². The maximum atomic E-state index is 12.9. The summed E-state index contributed by atoms with van der Waals surface area (Å²) in [4.78, 5) is 33.1. The van der Waals surface area contributed by atoms with E-state index in [2.05, 4.69) is 9.80 Å². The molecule has 0 radical (unpaired) electrons. The van der Waals surface area contributed by atoms with Crippen molar-refractivity contribution in [2.24, 2.45) is 5.92 Å². The minimum atomic E-state index is 0.0629. The number of hydrogen-bond donors (Lipinski definition) is 0. The molecule has 3 amide bonds. The van der Waals surface area contributed by atoms with Crippen molar-refractivity contribution >= 4 is 11.9 Å². The Morgan fingerprint density at radius 2 is 1.50 bits per heavy atom. The van der Waals surface area contributed by atoms with Gasteiger partial charge in [-0.2, -0.15) is 0 Å². The second-order valence-electron chi connectivity index (χ2n) is 7.76. The van der Waals surface area contributed by atoms with Gasteiger partial charge >= 0.3 is 6.03 Å². The molecule has 6 nitrogen and oxygen atoms in total. The van der Waals surface area contributed by atoms with Gasteiger partial charge in [-0.1, -0.05) is 0 Å². The van der Waals surface area contributed by atoms with Gasteiger partial charge in [0.05, 0.1) is 0 Å². The molecule has 3 heterocycles. The minimum absolute atomic E-state index is 0.0629. The van der Waals surface area contributed by atoms with E-state index in [4.69, 9.17) is 0 Å². The van der Waals surface area contributed by atoms with Crippen molar-refractivity contribution in [3.8, 4) is 0 Å². The molecule has 3 aliphatic rings. The van der Waals surface area contributed by atoms with Crippen molar-refractivity contribution < 1.29 is 9.59 Å². The lowest BCUT2D eigenvalue weighted by Crippen LogP contribution is -2.52. The summed E-state index contributed by atoms with van der Waals surface area (Å²) in [7, 11) is 3.57. The molecule has 0 aliphatic carbocycles. The zero-order chi connectivity index (χ0) is 17.1. The fourth-order valence-electron chi connectivity index (χ4n) is 4.42. The molecule has 136 valence electrons. The van der Waals surface area contributed by atoms with Gasteiger partial charge in [-0.3, -0.25) is 9.69 Å². The van der Waals surface area contributed by atoms with Gasteiger partial charge in [-0.25, -0.2) is 4.79 Å². The van der Waals surface area contributed by atoms with Crippen molar-refractivity contribution in [3.63, 3.8) is 0 Å². The van der Waals surface area contributed by atoms with Crippen molar-refractivity contribution in [3.05, 3.63) is 0 Å². The number of likely N-dealkylation sites (tertiary alicyclic amines) is 3. The Bertz CT molecular complexity index is 454. The second-order valence-corrected chi connectivity index (χ2v) is 7.76. The fourth-order valence-corrected chi connectivity index (χ4v) is 4.42. The first-order chi connectivity index (χ1) is 11.6. The van der Waals surface area contributed by atoms with Crippen LogP contribution in [0.2, 0.25) is 0 Å². The summed E-state index contributed by atoms with van der Waals surface area (Å²) in [5, 5.41) is 0. The maximum Gasteiger partial charge on any atom is 0.319 e. The molecule has 24 heavy (non-hydrogen) atoms. The summed E-state index contributed by atoms with van der Waals surface area (Å²) >= 11 is 0. The largest absolute Gasteiger partial charge is 0.341 e. The van der Waals surface area contributed by atoms with Crippen molar-refractivity contribution in [1.82, 2.24) is 19.6 Å². The van der Waals surface area contributed by atoms with Gasteiger partial charge in [0.2, 0.25) is 5.91 Å². The molecule has 0 aromatic heterocycles. The van der Waals surface area contributed by atoms with Crippen LogP contribution in [0.4, 0.5) is 4.79 Å². The van der Waals surface area contributed by atoms with E-state index in [-0.39, 0.29) is 11.9 Å². The average Bonchev–Trinajstić information content (AvgIpc) is 3.15. The third kappa shape index (κ3) is 3.85. The predicted octanol–water partition coefficient (Wildman–Crippen LogP) is 1.47. The summed E-state index contributed by atoms with van der Waals surface area (Å²) in [6.45, 7) is 5.65. The topological polar surface area (TPSA) is 47.1 Å². The quantitative estimate of drug-likeness (QED) is 0.767. The van der Waals surface area contributed by atoms with E-state index >= 15 is 0 Å². The lowest BCUT2D eigenvalue weighted by Gasteiger charge is -2.40. The number of carbonyl (C=O) groups is 2. The third-order valence-electron chi connectivity index (χ3n) is 5.86. The van der Waals surface area contributed by atoms with Crippen LogP contribution in [0.3, 0.4) is 0 Å². The van der Waals surface area contributed by atoms with Crippen molar-refractivity contribution in [2.75, 3.05) is 53.4 Å². The number of carbonyl (C=O) groups excluding carboxylic acids is 2. The molecule has 3 saturated heterocycles. The van der Waals surface area contributed by atoms with Gasteiger partial charge in [0.1, 0.15) is 0 Å². The molecule has 3 fully saturated rings. The molecule has 0 saturated carbocycles. The molecule has 3 rings (SSSR count). The number of hydrogen-bond acceptors (Lipinski definition) is 3. The molecular formula is C18H32N4O2. The molecule has 1 atom stereocenters. The molecule has 6 heteroatoms. The van der Waals surface area contributed by atoms with Gasteiger partial charge < -0.3 is 14.7 Å². The predicted molar refractivity (Wildman–Crippen MR) is 93.8 cm³/mol. The van der Waals surface area contributed by atoms with Crippen LogP contribution in [0.15, 0.2) is 0 Å². The van der Waals surface area contributed by atoms with Crippen LogP contribution < -0.4 is 0 Å². The summed E-state index contributed by atoms with van der Waals surface area (Å²) in [6.07, 6.45) is 6.60. The normalized spacial score (nSPS) is 26.7. The van der Waals surface area contributed by atoms with E-state index in [0.29, 0.717) is 25.0 Å². The fraction of sp³-hybridized carbons (Fsp3) is 0.889. The second kappa shape index (κ2) is 7.72. The Morgan fingerprint density at radius 1 is 0.833 bits per heavy atom. The number of nitrogens with zero attached hydrogens (tertiary/aromatic N) is 4. The number of amides is 3. The Hall–Kier alpha value is -1.30. The highest BCUT2D eigenvalue weighted by Gasteiger charge is 2.34. The van der Waals surface area contributed by atoms with Crippen LogP contribution in [0.1, 0.15) is 38.5 Å². The monoisotopic (exact) mass is 336 g/mol. The van der Waals surface area contributed by atoms with E-state index in [9.17, 15) is 9.59 Å². The molecule has 0 N–H and O–H groups in total. The van der Waals surface area contributed by atoms with Crippen LogP contribution in [0.5, 0.6) is 0 Å². The molecule has 0 aromatic carbocycles. The van der Waals surface area contributed by atoms with Gasteiger partial charge in [-0.05, 0) is 51.6 Å². The molecule has 0 bridgehead atoms. The van der Waals surface area contributed by atoms with Gasteiger partial charge in [0.15, 0.2) is 0 Å². The minimum Gasteiger partial charge on any atom is -0.341 e. The van der Waals surface area contributed by atoms with Crippen LogP contribution in [-0.2, 0) is 4.79 Å². The Morgan fingerprint density at radius 3 is 2.12 bits per heavy atom. The van der Waals surface area contributed by atoms with E-state index in [0.717, 1.165) is 32.4 Å². The van der Waals surface area contributed by atoms with E-state index in [1.807, 2.05) is 4.90 Å². The molecule has 0 spiro atoms. The molecule has 1 unspecified atom stereocenters. The van der Waals surface area contributed by atoms with Gasteiger partial charge in [0.25, 0.3) is 0 Å². The molecular weight excluding hydrogens is 304 g/mol. The van der Waals surface area contributed by atoms with E-state index in [1.54, 1.807) is 19.0 Å². The summed E-state index contributed by atoms with van der Waals surface area (Å²) in [5.41, 5.74) is 0. The first-order valence-corrected chi connectivity index (χ1v) is 9.55. The molecule has 0 aromatic rings. The first-order valence-electron chi connectivity index (χ1n) is 9.55. The lowest BCUT2D eigenvalue weighted by molar-refractivity contribution is -0.139. The highest BCUT2D eigenvalue weighted by Crippen LogP contribution is 2.25. The first kappa shape index (κ1) is 17.5. The molecule has 3 aliphatic heterocycles. The summed E-state index contributed by atoms with van der Waals surface area (Å²) in [5.74, 6) is 0.435. The number of piperidine rings is 2. The number of urea groups is 1. The lowest BCUT2D eigenvalue weighted by atomic mass is 9.93. The van der Waals surface area contributed by atoms with Crippen LogP contribution in [0.25, 0.3) is 0 Å². The van der Waals surface area contributed by atoms with Gasteiger partial charge in [0, 0.05) is 52.2 Å². The summed E-state index contributed by atoms with van der Waals surface area (Å²) < 4.78 is 0. The maximum absolute atomic E-state index is 12.9. The Balaban J connectivity index is 1.50. The third-order valence-corrected chi connectivity index (χ3v) is 5.86. The highest BCUT2D eigenvalue weighted by atomic mass is 16.2. The number of rotatable bonds is 2. The van der Waals surface area contributed by atoms with E-state index in [1.165, 1.54) is 32.4 Å². The Labute approximate surface area is 145 Å². The van der Waals surface area contributed by atoms with Gasteiger partial charge in [-0.15, -0.1) is 0 Å². The van der Waals surface area contributed by atoms with Crippen molar-refractivity contribution in [2.45, 2.75) is 44.6 Å². The zero-order valence-corrected chi connectivity index (χ0v) is 15.2. The van der Waals surface area contributed by atoms with Crippen LogP contribution >= 0.6 is 0 Å². The SMILES string of the molecule is CN(C)C(=O)N1CCC(C(=O)N2CCCC(N3CCCC3)C2)CC1. The van der Waals surface area contributed by atoms with E-state index < -0.39 is 0 Å². The average molecular weight is 336 g/mol. The Kier molecular flexibility index (Phi) is 5.64. The van der Waals surface area contributed by atoms with Crippen LogP contribution in [0, 0.1) is 5.92 Å². The summed E-state index contributed by atoms with van der Waals surface area (Å²) in [6, 6.07) is 0.633. The van der Waals surface area contributed by atoms with Crippen LogP contribution in [-0.4, -0.2) is 90.9 Å².